The summed E-state index contributed by atoms with van der Waals surface area (Å²) in [4.78, 5) is 25.6. The van der Waals surface area contributed by atoms with Crippen LogP contribution in [0.1, 0.15) is 34.0 Å². The topological polar surface area (TPSA) is 63.5 Å². The van der Waals surface area contributed by atoms with Crippen LogP contribution < -0.4 is 0 Å². The predicted octanol–water partition coefficient (Wildman–Crippen LogP) is 5.93. The summed E-state index contributed by atoms with van der Waals surface area (Å²) in [6.45, 7) is 2.33. The molecule has 3 aromatic rings. The smallest absolute Gasteiger partial charge is 0.269 e. The number of fused-ring (bicyclic) bond motifs is 1. The maximum absolute atomic E-state index is 13.3. The van der Waals surface area contributed by atoms with Crippen LogP contribution in [0.3, 0.4) is 0 Å². The second-order valence-corrected chi connectivity index (χ2v) is 8.44. The van der Waals surface area contributed by atoms with Crippen molar-refractivity contribution in [2.24, 2.45) is 0 Å². The van der Waals surface area contributed by atoms with Crippen molar-refractivity contribution in [2.45, 2.75) is 19.0 Å². The summed E-state index contributed by atoms with van der Waals surface area (Å²) in [5.41, 5.74) is 2.62. The third-order valence-corrected chi connectivity index (χ3v) is 6.16. The standard InChI is InChI=1S/C22H16BrClN2O3/c1-22(15-4-7-17(24)8-5-15)20-12-16(23)6-11-19(20)21(27)25(22)13-14-2-9-18(10-3-14)26(28)29/h2-12H,13H2,1H3. The molecule has 1 aliphatic heterocycles. The lowest BCUT2D eigenvalue weighted by Gasteiger charge is -2.37. The Labute approximate surface area is 181 Å². The van der Waals surface area contributed by atoms with E-state index in [2.05, 4.69) is 15.9 Å². The van der Waals surface area contributed by atoms with Crippen LogP contribution >= 0.6 is 27.5 Å². The van der Waals surface area contributed by atoms with Gasteiger partial charge in [-0.25, -0.2) is 0 Å². The third-order valence-electron chi connectivity index (χ3n) is 5.42. The summed E-state index contributed by atoms with van der Waals surface area (Å²) in [5, 5.41) is 11.6. The number of rotatable bonds is 4. The molecule has 146 valence electrons. The van der Waals surface area contributed by atoms with Gasteiger partial charge in [0, 0.05) is 33.7 Å². The first-order valence-corrected chi connectivity index (χ1v) is 10.1. The van der Waals surface area contributed by atoms with Gasteiger partial charge in [-0.15, -0.1) is 0 Å². The number of benzene rings is 3. The molecular weight excluding hydrogens is 456 g/mol. The molecule has 3 aromatic carbocycles. The maximum Gasteiger partial charge on any atom is 0.269 e. The van der Waals surface area contributed by atoms with Gasteiger partial charge in [-0.05, 0) is 53.9 Å². The van der Waals surface area contributed by atoms with Gasteiger partial charge < -0.3 is 4.90 Å². The normalized spacial score (nSPS) is 18.0. The largest absolute Gasteiger partial charge is 0.321 e. The van der Waals surface area contributed by atoms with E-state index in [-0.39, 0.29) is 11.6 Å². The molecule has 1 aliphatic rings. The first-order chi connectivity index (χ1) is 13.8. The van der Waals surface area contributed by atoms with Gasteiger partial charge in [0.25, 0.3) is 11.6 Å². The molecular formula is C22H16BrClN2O3. The molecule has 1 amide bonds. The van der Waals surface area contributed by atoms with E-state index in [1.807, 2.05) is 49.4 Å². The quantitative estimate of drug-likeness (QED) is 0.350. The first kappa shape index (κ1) is 19.6. The highest BCUT2D eigenvalue weighted by atomic mass is 79.9. The zero-order valence-corrected chi connectivity index (χ0v) is 17.8. The molecule has 0 fully saturated rings. The fraction of sp³-hybridized carbons (Fsp3) is 0.136. The molecule has 5 nitrogen and oxygen atoms in total. The van der Waals surface area contributed by atoms with E-state index >= 15 is 0 Å². The second-order valence-electron chi connectivity index (χ2n) is 7.08. The number of hydrogen-bond acceptors (Lipinski definition) is 3. The molecule has 7 heteroatoms. The lowest BCUT2D eigenvalue weighted by atomic mass is 9.84. The highest BCUT2D eigenvalue weighted by Crippen LogP contribution is 2.45. The van der Waals surface area contributed by atoms with Gasteiger partial charge >= 0.3 is 0 Å². The van der Waals surface area contributed by atoms with E-state index in [9.17, 15) is 14.9 Å². The van der Waals surface area contributed by atoms with Gasteiger partial charge in [0.05, 0.1) is 10.5 Å². The second kappa shape index (κ2) is 7.28. The fourth-order valence-electron chi connectivity index (χ4n) is 3.82. The molecule has 0 saturated heterocycles. The van der Waals surface area contributed by atoms with Crippen LogP contribution in [0.2, 0.25) is 5.02 Å². The summed E-state index contributed by atoms with van der Waals surface area (Å²) in [6.07, 6.45) is 0. The number of carbonyl (C=O) groups is 1. The molecule has 1 unspecified atom stereocenters. The minimum absolute atomic E-state index is 0.0224. The Bertz CT molecular complexity index is 1120. The van der Waals surface area contributed by atoms with Gasteiger partial charge in [-0.1, -0.05) is 51.8 Å². The summed E-state index contributed by atoms with van der Waals surface area (Å²) in [6, 6.07) is 19.4. The zero-order valence-electron chi connectivity index (χ0n) is 15.4. The van der Waals surface area contributed by atoms with Crippen molar-refractivity contribution < 1.29 is 9.72 Å². The Balaban J connectivity index is 1.81. The van der Waals surface area contributed by atoms with Crippen LogP contribution in [0.4, 0.5) is 5.69 Å². The number of hydrogen-bond donors (Lipinski definition) is 0. The summed E-state index contributed by atoms with van der Waals surface area (Å²) < 4.78 is 0.890. The molecule has 0 saturated carbocycles. The van der Waals surface area contributed by atoms with Gasteiger partial charge in [0.15, 0.2) is 0 Å². The van der Waals surface area contributed by atoms with Crippen molar-refractivity contribution in [3.63, 3.8) is 0 Å². The first-order valence-electron chi connectivity index (χ1n) is 8.92. The van der Waals surface area contributed by atoms with E-state index in [1.165, 1.54) is 12.1 Å². The van der Waals surface area contributed by atoms with Crippen molar-refractivity contribution in [2.75, 3.05) is 0 Å². The average Bonchev–Trinajstić information content (AvgIpc) is 2.91. The number of halogens is 2. The van der Waals surface area contributed by atoms with Crippen molar-refractivity contribution >= 4 is 39.1 Å². The third kappa shape index (κ3) is 3.32. The summed E-state index contributed by atoms with van der Waals surface area (Å²) >= 11 is 9.60. The highest BCUT2D eigenvalue weighted by Gasteiger charge is 2.47. The SMILES string of the molecule is CC1(c2ccc(Cl)cc2)c2cc(Br)ccc2C(=O)N1Cc1ccc([N+](=O)[O-])cc1. The van der Waals surface area contributed by atoms with Crippen LogP contribution in [-0.4, -0.2) is 15.7 Å². The molecule has 1 atom stereocenters. The number of nitro groups is 1. The van der Waals surface area contributed by atoms with Crippen molar-refractivity contribution in [3.05, 3.63) is 109 Å². The number of carbonyl (C=O) groups excluding carboxylic acids is 1. The van der Waals surface area contributed by atoms with Gasteiger partial charge in [0.1, 0.15) is 0 Å². The van der Waals surface area contributed by atoms with Crippen LogP contribution in [0.15, 0.2) is 71.2 Å². The molecule has 0 aromatic heterocycles. The fourth-order valence-corrected chi connectivity index (χ4v) is 4.31. The van der Waals surface area contributed by atoms with Crippen molar-refractivity contribution in [1.29, 1.82) is 0 Å². The van der Waals surface area contributed by atoms with Crippen LogP contribution in [-0.2, 0) is 12.1 Å². The lowest BCUT2D eigenvalue weighted by molar-refractivity contribution is -0.384. The van der Waals surface area contributed by atoms with Gasteiger partial charge in [-0.2, -0.15) is 0 Å². The Morgan fingerprint density at radius 1 is 1.07 bits per heavy atom. The van der Waals surface area contributed by atoms with E-state index < -0.39 is 10.5 Å². The Morgan fingerprint density at radius 2 is 1.72 bits per heavy atom. The highest BCUT2D eigenvalue weighted by molar-refractivity contribution is 9.10. The van der Waals surface area contributed by atoms with E-state index in [0.29, 0.717) is 17.1 Å². The zero-order chi connectivity index (χ0) is 20.8. The molecule has 4 rings (SSSR count). The van der Waals surface area contributed by atoms with E-state index in [4.69, 9.17) is 11.6 Å². The molecule has 0 aliphatic carbocycles. The lowest BCUT2D eigenvalue weighted by Crippen LogP contribution is -2.41. The summed E-state index contributed by atoms with van der Waals surface area (Å²) in [5.74, 6) is -0.0803. The van der Waals surface area contributed by atoms with Crippen LogP contribution in [0, 0.1) is 10.1 Å². The molecule has 0 N–H and O–H groups in total. The molecule has 0 bridgehead atoms. The van der Waals surface area contributed by atoms with Crippen molar-refractivity contribution in [1.82, 2.24) is 4.90 Å². The predicted molar refractivity (Wildman–Crippen MR) is 115 cm³/mol. The van der Waals surface area contributed by atoms with Crippen LogP contribution in [0.25, 0.3) is 0 Å². The van der Waals surface area contributed by atoms with E-state index in [1.54, 1.807) is 17.0 Å². The summed E-state index contributed by atoms with van der Waals surface area (Å²) in [7, 11) is 0. The molecule has 29 heavy (non-hydrogen) atoms. The van der Waals surface area contributed by atoms with Crippen molar-refractivity contribution in [3.8, 4) is 0 Å². The number of amides is 1. The monoisotopic (exact) mass is 470 g/mol. The minimum atomic E-state index is -0.706. The minimum Gasteiger partial charge on any atom is -0.321 e. The van der Waals surface area contributed by atoms with Crippen LogP contribution in [0.5, 0.6) is 0 Å². The van der Waals surface area contributed by atoms with Gasteiger partial charge in [0.2, 0.25) is 0 Å². The molecule has 1 heterocycles. The number of nitro benzene ring substituents is 1. The number of non-ortho nitro benzene ring substituents is 1. The molecule has 0 spiro atoms. The Morgan fingerprint density at radius 3 is 2.34 bits per heavy atom. The van der Waals surface area contributed by atoms with E-state index in [0.717, 1.165) is 21.2 Å². The average molecular weight is 472 g/mol. The Kier molecular flexibility index (Phi) is 4.92. The maximum atomic E-state index is 13.3. The molecule has 0 radical (unpaired) electrons. The Hall–Kier alpha value is -2.70. The number of nitrogens with zero attached hydrogens (tertiary/aromatic N) is 2. The van der Waals surface area contributed by atoms with Gasteiger partial charge in [-0.3, -0.25) is 14.9 Å².